The summed E-state index contributed by atoms with van der Waals surface area (Å²) >= 11 is 3.25. The summed E-state index contributed by atoms with van der Waals surface area (Å²) in [5.74, 6) is 0.889. The second-order valence-electron chi connectivity index (χ2n) is 2.90. The molecule has 0 amide bonds. The van der Waals surface area contributed by atoms with Gasteiger partial charge in [0.2, 0.25) is 0 Å². The van der Waals surface area contributed by atoms with E-state index in [-0.39, 0.29) is 12.6 Å². The van der Waals surface area contributed by atoms with Gasteiger partial charge in [0, 0.05) is 7.11 Å². The van der Waals surface area contributed by atoms with Gasteiger partial charge in [0.05, 0.1) is 19.3 Å². The number of rotatable bonds is 5. The van der Waals surface area contributed by atoms with Crippen molar-refractivity contribution in [2.24, 2.45) is 0 Å². The molecule has 1 heterocycles. The maximum atomic E-state index is 9.05. The number of nitrogen functional groups attached to an aromatic ring is 1. The molecule has 0 fully saturated rings. The van der Waals surface area contributed by atoms with E-state index in [0.29, 0.717) is 22.7 Å². The lowest BCUT2D eigenvalue weighted by atomic mass is 10.3. The van der Waals surface area contributed by atoms with Crippen LogP contribution < -0.4 is 11.1 Å². The Balaban J connectivity index is 2.74. The number of aromatic nitrogens is 2. The molecule has 4 N–H and O–H groups in total. The van der Waals surface area contributed by atoms with Crippen LogP contribution in [-0.4, -0.2) is 41.4 Å². The quantitative estimate of drug-likeness (QED) is 0.714. The van der Waals surface area contributed by atoms with E-state index in [1.807, 2.05) is 0 Å². The van der Waals surface area contributed by atoms with E-state index in [1.54, 1.807) is 7.11 Å². The number of anilines is 2. The lowest BCUT2D eigenvalue weighted by molar-refractivity contribution is 0.153. The average molecular weight is 277 g/mol. The molecule has 1 aromatic heterocycles. The first-order valence-corrected chi connectivity index (χ1v) is 5.10. The van der Waals surface area contributed by atoms with Crippen molar-refractivity contribution in [3.05, 3.63) is 10.8 Å². The highest BCUT2D eigenvalue weighted by atomic mass is 79.9. The minimum absolute atomic E-state index is 0.0514. The van der Waals surface area contributed by atoms with Gasteiger partial charge in [0.15, 0.2) is 0 Å². The van der Waals surface area contributed by atoms with Crippen LogP contribution >= 0.6 is 15.9 Å². The Hall–Kier alpha value is -0.920. The van der Waals surface area contributed by atoms with Gasteiger partial charge in [-0.3, -0.25) is 0 Å². The number of halogens is 1. The fourth-order valence-corrected chi connectivity index (χ4v) is 1.34. The summed E-state index contributed by atoms with van der Waals surface area (Å²) in [6, 6.07) is -0.222. The number of aliphatic hydroxyl groups excluding tert-OH is 1. The van der Waals surface area contributed by atoms with Gasteiger partial charge in [-0.25, -0.2) is 9.97 Å². The number of methoxy groups -OCH3 is 1. The zero-order chi connectivity index (χ0) is 11.3. The minimum atomic E-state index is -0.222. The summed E-state index contributed by atoms with van der Waals surface area (Å²) in [6.07, 6.45) is 1.35. The highest BCUT2D eigenvalue weighted by molar-refractivity contribution is 9.10. The van der Waals surface area contributed by atoms with Crippen molar-refractivity contribution in [1.29, 1.82) is 0 Å². The van der Waals surface area contributed by atoms with Gasteiger partial charge in [-0.05, 0) is 15.9 Å². The second-order valence-corrected chi connectivity index (χ2v) is 3.69. The van der Waals surface area contributed by atoms with Gasteiger partial charge in [-0.15, -0.1) is 0 Å². The number of aliphatic hydroxyl groups is 1. The second kappa shape index (κ2) is 5.84. The summed E-state index contributed by atoms with van der Waals surface area (Å²) in [6.45, 7) is 0.330. The molecular weight excluding hydrogens is 264 g/mol. The molecule has 0 saturated carbocycles. The zero-order valence-corrected chi connectivity index (χ0v) is 9.86. The van der Waals surface area contributed by atoms with Crippen LogP contribution in [0.5, 0.6) is 0 Å². The third-order valence-electron chi connectivity index (χ3n) is 1.75. The summed E-state index contributed by atoms with van der Waals surface area (Å²) in [5.41, 5.74) is 5.58. The summed E-state index contributed by atoms with van der Waals surface area (Å²) < 4.78 is 5.51. The summed E-state index contributed by atoms with van der Waals surface area (Å²) in [7, 11) is 1.56. The lowest BCUT2D eigenvalue weighted by Gasteiger charge is -2.16. The molecule has 1 unspecified atom stereocenters. The van der Waals surface area contributed by atoms with Crippen LogP contribution in [0.15, 0.2) is 10.8 Å². The third-order valence-corrected chi connectivity index (χ3v) is 2.53. The molecule has 15 heavy (non-hydrogen) atoms. The Morgan fingerprint density at radius 2 is 2.40 bits per heavy atom. The van der Waals surface area contributed by atoms with Gasteiger partial charge in [0.1, 0.15) is 22.4 Å². The van der Waals surface area contributed by atoms with E-state index in [1.165, 1.54) is 6.33 Å². The SMILES string of the molecule is COCC(CO)Nc1ncnc(N)c1Br. The van der Waals surface area contributed by atoms with Crippen molar-refractivity contribution in [2.45, 2.75) is 6.04 Å². The fraction of sp³-hybridized carbons (Fsp3) is 0.500. The van der Waals surface area contributed by atoms with E-state index in [0.717, 1.165) is 0 Å². The lowest BCUT2D eigenvalue weighted by Crippen LogP contribution is -2.29. The Bertz CT molecular complexity index is 324. The molecule has 0 aliphatic carbocycles. The number of nitrogens with zero attached hydrogens (tertiary/aromatic N) is 2. The molecule has 0 aromatic carbocycles. The van der Waals surface area contributed by atoms with Crippen LogP contribution in [0, 0.1) is 0 Å². The Labute approximate surface area is 96.0 Å². The molecule has 84 valence electrons. The van der Waals surface area contributed by atoms with Gasteiger partial charge in [-0.1, -0.05) is 0 Å². The van der Waals surface area contributed by atoms with Gasteiger partial charge < -0.3 is 20.9 Å². The summed E-state index contributed by atoms with van der Waals surface area (Å²) in [5, 5.41) is 12.0. The number of hydrogen-bond donors (Lipinski definition) is 3. The van der Waals surface area contributed by atoms with Gasteiger partial charge in [0.25, 0.3) is 0 Å². The molecule has 0 bridgehead atoms. The molecule has 1 atom stereocenters. The topological polar surface area (TPSA) is 93.3 Å². The number of nitrogens with two attached hydrogens (primary N) is 1. The maximum absolute atomic E-state index is 9.05. The van der Waals surface area contributed by atoms with Crippen molar-refractivity contribution < 1.29 is 9.84 Å². The molecule has 1 rings (SSSR count). The van der Waals surface area contributed by atoms with E-state index >= 15 is 0 Å². The number of ether oxygens (including phenoxy) is 1. The Morgan fingerprint density at radius 1 is 1.67 bits per heavy atom. The van der Waals surface area contributed by atoms with Crippen LogP contribution in [0.2, 0.25) is 0 Å². The highest BCUT2D eigenvalue weighted by Gasteiger charge is 2.11. The zero-order valence-electron chi connectivity index (χ0n) is 8.27. The molecule has 0 aliphatic rings. The molecule has 0 saturated heterocycles. The van der Waals surface area contributed by atoms with Crippen molar-refractivity contribution in [2.75, 3.05) is 31.4 Å². The van der Waals surface area contributed by atoms with Crippen LogP contribution in [0.25, 0.3) is 0 Å². The van der Waals surface area contributed by atoms with Crippen LogP contribution in [0.3, 0.4) is 0 Å². The van der Waals surface area contributed by atoms with E-state index in [2.05, 4.69) is 31.2 Å². The van der Waals surface area contributed by atoms with Crippen molar-refractivity contribution in [1.82, 2.24) is 9.97 Å². The largest absolute Gasteiger partial charge is 0.394 e. The predicted molar refractivity (Wildman–Crippen MR) is 60.5 cm³/mol. The molecule has 0 aliphatic heterocycles. The molecule has 7 heteroatoms. The van der Waals surface area contributed by atoms with E-state index in [4.69, 9.17) is 15.6 Å². The third kappa shape index (κ3) is 3.29. The average Bonchev–Trinajstić information content (AvgIpc) is 2.24. The minimum Gasteiger partial charge on any atom is -0.394 e. The number of nitrogens with one attached hydrogen (secondary N) is 1. The van der Waals surface area contributed by atoms with Gasteiger partial charge in [-0.2, -0.15) is 0 Å². The van der Waals surface area contributed by atoms with Gasteiger partial charge >= 0.3 is 0 Å². The monoisotopic (exact) mass is 276 g/mol. The smallest absolute Gasteiger partial charge is 0.146 e. The van der Waals surface area contributed by atoms with Crippen molar-refractivity contribution in [3.63, 3.8) is 0 Å². The highest BCUT2D eigenvalue weighted by Crippen LogP contribution is 2.24. The molecular formula is C8H13BrN4O2. The maximum Gasteiger partial charge on any atom is 0.146 e. The Kier molecular flexibility index (Phi) is 4.73. The van der Waals surface area contributed by atoms with Crippen LogP contribution in [0.4, 0.5) is 11.6 Å². The van der Waals surface area contributed by atoms with Crippen molar-refractivity contribution >= 4 is 27.6 Å². The molecule has 6 nitrogen and oxygen atoms in total. The standard InChI is InChI=1S/C8H13BrN4O2/c1-15-3-5(2-14)13-8-6(9)7(10)11-4-12-8/h4-5,14H,2-3H2,1H3,(H3,10,11,12,13). The first-order chi connectivity index (χ1) is 7.19. The first-order valence-electron chi connectivity index (χ1n) is 4.31. The molecule has 1 aromatic rings. The first kappa shape index (κ1) is 12.2. The molecule has 0 radical (unpaired) electrons. The van der Waals surface area contributed by atoms with E-state index in [9.17, 15) is 0 Å². The number of hydrogen-bond acceptors (Lipinski definition) is 6. The normalized spacial score (nSPS) is 12.5. The van der Waals surface area contributed by atoms with E-state index < -0.39 is 0 Å². The van der Waals surface area contributed by atoms with Crippen molar-refractivity contribution in [3.8, 4) is 0 Å². The van der Waals surface area contributed by atoms with Crippen LogP contribution in [0.1, 0.15) is 0 Å². The fourth-order valence-electron chi connectivity index (χ4n) is 1.02. The summed E-state index contributed by atoms with van der Waals surface area (Å²) in [4.78, 5) is 7.80. The predicted octanol–water partition coefficient (Wildman–Crippen LogP) is 0.240. The Morgan fingerprint density at radius 3 is 3.00 bits per heavy atom. The van der Waals surface area contributed by atoms with Crippen LogP contribution in [-0.2, 0) is 4.74 Å². The molecule has 0 spiro atoms.